The minimum atomic E-state index is -0.448. The zero-order valence-electron chi connectivity index (χ0n) is 12.5. The van der Waals surface area contributed by atoms with Gasteiger partial charge in [0.05, 0.1) is 18.2 Å². The second-order valence-corrected chi connectivity index (χ2v) is 6.21. The van der Waals surface area contributed by atoms with Gasteiger partial charge in [0.15, 0.2) is 0 Å². The molecule has 2 bridgehead atoms. The number of ether oxygens (including phenoxy) is 1. The van der Waals surface area contributed by atoms with Gasteiger partial charge in [-0.15, -0.1) is 0 Å². The van der Waals surface area contributed by atoms with E-state index in [1.807, 2.05) is 4.90 Å². The number of rotatable bonds is 2. The van der Waals surface area contributed by atoms with Crippen LogP contribution in [0.25, 0.3) is 0 Å². The molecule has 0 saturated carbocycles. The normalized spacial score (nSPS) is 27.5. The summed E-state index contributed by atoms with van der Waals surface area (Å²) in [6.07, 6.45) is 4.31. The predicted molar refractivity (Wildman–Crippen MR) is 79.2 cm³/mol. The van der Waals surface area contributed by atoms with Crippen LogP contribution in [0.3, 0.4) is 0 Å². The molecule has 0 radical (unpaired) electrons. The summed E-state index contributed by atoms with van der Waals surface area (Å²) in [5.74, 6) is 0.217. The highest BCUT2D eigenvalue weighted by Gasteiger charge is 2.42. The van der Waals surface area contributed by atoms with Gasteiger partial charge in [-0.3, -0.25) is 4.79 Å². The van der Waals surface area contributed by atoms with Crippen LogP contribution in [0.2, 0.25) is 0 Å². The van der Waals surface area contributed by atoms with E-state index in [1.165, 1.54) is 7.11 Å². The van der Waals surface area contributed by atoms with Gasteiger partial charge in [0.25, 0.3) is 5.91 Å². The van der Waals surface area contributed by atoms with E-state index >= 15 is 0 Å². The van der Waals surface area contributed by atoms with Crippen LogP contribution in [-0.4, -0.2) is 36.0 Å². The summed E-state index contributed by atoms with van der Waals surface area (Å²) < 4.78 is 4.79. The molecule has 0 N–H and O–H groups in total. The van der Waals surface area contributed by atoms with Gasteiger partial charge in [0.2, 0.25) is 0 Å². The van der Waals surface area contributed by atoms with Crippen LogP contribution in [0.1, 0.15) is 53.3 Å². The van der Waals surface area contributed by atoms with Crippen molar-refractivity contribution in [3.63, 3.8) is 0 Å². The van der Waals surface area contributed by atoms with Crippen molar-refractivity contribution < 1.29 is 14.3 Å². The molecule has 0 spiro atoms. The Labute approximate surface area is 125 Å². The molecule has 4 nitrogen and oxygen atoms in total. The number of benzene rings is 1. The Bertz CT molecular complexity index is 555. The van der Waals surface area contributed by atoms with Crippen LogP contribution in [0, 0.1) is 5.92 Å². The number of hydrogen-bond acceptors (Lipinski definition) is 3. The highest BCUT2D eigenvalue weighted by atomic mass is 16.5. The van der Waals surface area contributed by atoms with Gasteiger partial charge in [0, 0.05) is 12.1 Å². The Hall–Kier alpha value is -1.84. The number of amides is 1. The molecule has 3 atom stereocenters. The third kappa shape index (κ3) is 2.43. The summed E-state index contributed by atoms with van der Waals surface area (Å²) >= 11 is 0. The van der Waals surface area contributed by atoms with Crippen molar-refractivity contribution >= 4 is 11.9 Å². The summed E-state index contributed by atoms with van der Waals surface area (Å²) in [6.45, 7) is 2.26. The Morgan fingerprint density at radius 3 is 2.24 bits per heavy atom. The van der Waals surface area contributed by atoms with E-state index in [-0.39, 0.29) is 5.91 Å². The molecule has 2 aliphatic rings. The van der Waals surface area contributed by atoms with Gasteiger partial charge in [-0.1, -0.05) is 19.1 Å². The SMILES string of the molecule is COC(=O)c1ccccc1C(=O)N1[C@@H]2CC[C@H]1CC(C)C2. The van der Waals surface area contributed by atoms with Gasteiger partial charge in [-0.2, -0.15) is 0 Å². The Morgan fingerprint density at radius 2 is 1.67 bits per heavy atom. The van der Waals surface area contributed by atoms with Crippen LogP contribution < -0.4 is 0 Å². The van der Waals surface area contributed by atoms with Gasteiger partial charge >= 0.3 is 5.97 Å². The van der Waals surface area contributed by atoms with Crippen LogP contribution in [0.4, 0.5) is 0 Å². The third-order valence-electron chi connectivity index (χ3n) is 4.77. The summed E-state index contributed by atoms with van der Waals surface area (Å²) in [4.78, 5) is 26.8. The second-order valence-electron chi connectivity index (χ2n) is 6.21. The first-order chi connectivity index (χ1) is 10.1. The average Bonchev–Trinajstić information content (AvgIpc) is 2.77. The van der Waals surface area contributed by atoms with Gasteiger partial charge < -0.3 is 9.64 Å². The number of piperidine rings is 1. The smallest absolute Gasteiger partial charge is 0.338 e. The number of fused-ring (bicyclic) bond motifs is 2. The Kier molecular flexibility index (Phi) is 3.70. The summed E-state index contributed by atoms with van der Waals surface area (Å²) in [7, 11) is 1.34. The maximum atomic E-state index is 12.9. The molecule has 3 rings (SSSR count). The maximum Gasteiger partial charge on any atom is 0.338 e. The first-order valence-corrected chi connectivity index (χ1v) is 7.61. The van der Waals surface area contributed by atoms with Crippen LogP contribution >= 0.6 is 0 Å². The minimum absolute atomic E-state index is 0.0181. The fraction of sp³-hybridized carbons (Fsp3) is 0.529. The lowest BCUT2D eigenvalue weighted by atomic mass is 9.91. The number of esters is 1. The Morgan fingerprint density at radius 1 is 1.10 bits per heavy atom. The quantitative estimate of drug-likeness (QED) is 0.786. The maximum absolute atomic E-state index is 12.9. The van der Waals surface area contributed by atoms with Crippen molar-refractivity contribution in [2.24, 2.45) is 5.92 Å². The third-order valence-corrected chi connectivity index (χ3v) is 4.77. The van der Waals surface area contributed by atoms with Crippen molar-refractivity contribution in [2.45, 2.75) is 44.7 Å². The first-order valence-electron chi connectivity index (χ1n) is 7.61. The monoisotopic (exact) mass is 287 g/mol. The van der Waals surface area contributed by atoms with Gasteiger partial charge in [0.1, 0.15) is 0 Å². The van der Waals surface area contributed by atoms with Crippen LogP contribution in [-0.2, 0) is 4.74 Å². The molecule has 2 heterocycles. The van der Waals surface area contributed by atoms with E-state index in [0.29, 0.717) is 29.1 Å². The van der Waals surface area contributed by atoms with Crippen molar-refractivity contribution in [3.8, 4) is 0 Å². The lowest BCUT2D eigenvalue weighted by Crippen LogP contribution is -2.46. The van der Waals surface area contributed by atoms with E-state index in [9.17, 15) is 9.59 Å². The van der Waals surface area contributed by atoms with Crippen LogP contribution in [0.5, 0.6) is 0 Å². The zero-order chi connectivity index (χ0) is 15.0. The average molecular weight is 287 g/mol. The zero-order valence-corrected chi connectivity index (χ0v) is 12.5. The number of carbonyl (C=O) groups excluding carboxylic acids is 2. The molecule has 4 heteroatoms. The second kappa shape index (κ2) is 5.51. The topological polar surface area (TPSA) is 46.6 Å². The van der Waals surface area contributed by atoms with E-state index in [1.54, 1.807) is 24.3 Å². The first kappa shape index (κ1) is 14.1. The van der Waals surface area contributed by atoms with E-state index in [4.69, 9.17) is 4.74 Å². The summed E-state index contributed by atoms with van der Waals surface area (Å²) in [5, 5.41) is 0. The molecule has 2 fully saturated rings. The molecule has 1 aromatic carbocycles. The number of carbonyl (C=O) groups is 2. The molecule has 112 valence electrons. The highest BCUT2D eigenvalue weighted by molar-refractivity contribution is 6.05. The van der Waals surface area contributed by atoms with Crippen molar-refractivity contribution in [1.29, 1.82) is 0 Å². The number of hydrogen-bond donors (Lipinski definition) is 0. The van der Waals surface area contributed by atoms with E-state index < -0.39 is 5.97 Å². The molecule has 2 aliphatic heterocycles. The van der Waals surface area contributed by atoms with E-state index in [0.717, 1.165) is 25.7 Å². The lowest BCUT2D eigenvalue weighted by molar-refractivity contribution is 0.0516. The molecule has 1 aromatic rings. The molecule has 1 unspecified atom stereocenters. The minimum Gasteiger partial charge on any atom is -0.465 e. The number of methoxy groups -OCH3 is 1. The van der Waals surface area contributed by atoms with Crippen LogP contribution in [0.15, 0.2) is 24.3 Å². The molecule has 0 aliphatic carbocycles. The molecule has 1 amide bonds. The van der Waals surface area contributed by atoms with Crippen molar-refractivity contribution in [2.75, 3.05) is 7.11 Å². The Balaban J connectivity index is 1.91. The molecular formula is C17H21NO3. The van der Waals surface area contributed by atoms with E-state index in [2.05, 4.69) is 6.92 Å². The largest absolute Gasteiger partial charge is 0.465 e. The number of nitrogens with zero attached hydrogens (tertiary/aromatic N) is 1. The molecule has 21 heavy (non-hydrogen) atoms. The highest BCUT2D eigenvalue weighted by Crippen LogP contribution is 2.39. The molecule has 0 aromatic heterocycles. The van der Waals surface area contributed by atoms with Crippen molar-refractivity contribution in [3.05, 3.63) is 35.4 Å². The van der Waals surface area contributed by atoms with Crippen molar-refractivity contribution in [1.82, 2.24) is 4.90 Å². The van der Waals surface area contributed by atoms with Gasteiger partial charge in [-0.05, 0) is 43.7 Å². The van der Waals surface area contributed by atoms with Gasteiger partial charge in [-0.25, -0.2) is 4.79 Å². The molecule has 2 saturated heterocycles. The standard InChI is InChI=1S/C17H21NO3/c1-11-9-12-7-8-13(10-11)18(12)16(19)14-5-3-4-6-15(14)17(20)21-2/h3-6,11-13H,7-10H2,1-2H3/t11?,12-,13+. The fourth-order valence-corrected chi connectivity index (χ4v) is 3.88. The fourth-order valence-electron chi connectivity index (χ4n) is 3.88. The predicted octanol–water partition coefficient (Wildman–Crippen LogP) is 2.88. The summed E-state index contributed by atoms with van der Waals surface area (Å²) in [5.41, 5.74) is 0.832. The summed E-state index contributed by atoms with van der Waals surface area (Å²) in [6, 6.07) is 7.61. The lowest BCUT2D eigenvalue weighted by Gasteiger charge is -2.38. The molecular weight excluding hydrogens is 266 g/mol.